The fourth-order valence-corrected chi connectivity index (χ4v) is 3.48. The third-order valence-corrected chi connectivity index (χ3v) is 5.01. The highest BCUT2D eigenvalue weighted by atomic mass is 32.2. The second kappa shape index (κ2) is 5.23. The zero-order chi connectivity index (χ0) is 15.2. The van der Waals surface area contributed by atoms with Crippen LogP contribution >= 0.6 is 11.8 Å². The Morgan fingerprint density at radius 3 is 2.87 bits per heavy atom. The summed E-state index contributed by atoms with van der Waals surface area (Å²) in [4.78, 5) is 4.36. The zero-order valence-corrected chi connectivity index (χ0v) is 13.2. The number of hydrogen-bond acceptors (Lipinski definition) is 7. The number of hydrogen-bond donors (Lipinski definition) is 0. The zero-order valence-electron chi connectivity index (χ0n) is 12.4. The SMILES string of the molecule is c1coc(-c2noc(CSc3nnc(C4CC4)n3C3CC3)n2)c1. The second-order valence-electron chi connectivity index (χ2n) is 5.99. The molecule has 7 nitrogen and oxygen atoms in total. The molecule has 0 unspecified atom stereocenters. The predicted molar refractivity (Wildman–Crippen MR) is 81.8 cm³/mol. The van der Waals surface area contributed by atoms with E-state index in [2.05, 4.69) is 24.9 Å². The number of thioether (sulfide) groups is 1. The molecule has 3 aromatic rings. The van der Waals surface area contributed by atoms with Crippen LogP contribution in [0.2, 0.25) is 0 Å². The van der Waals surface area contributed by atoms with Crippen LogP contribution in [0.1, 0.15) is 49.4 Å². The minimum Gasteiger partial charge on any atom is -0.461 e. The van der Waals surface area contributed by atoms with Crippen molar-refractivity contribution >= 4 is 11.8 Å². The summed E-state index contributed by atoms with van der Waals surface area (Å²) in [5.74, 6) is 4.03. The molecule has 23 heavy (non-hydrogen) atoms. The minimum absolute atomic E-state index is 0.480. The molecule has 0 spiro atoms. The van der Waals surface area contributed by atoms with E-state index in [1.165, 1.54) is 25.7 Å². The van der Waals surface area contributed by atoms with E-state index in [0.29, 0.717) is 35.2 Å². The summed E-state index contributed by atoms with van der Waals surface area (Å²) in [6.45, 7) is 0. The van der Waals surface area contributed by atoms with Gasteiger partial charge in [0, 0.05) is 12.0 Å². The van der Waals surface area contributed by atoms with Crippen LogP contribution in [-0.2, 0) is 5.75 Å². The summed E-state index contributed by atoms with van der Waals surface area (Å²) in [6, 6.07) is 4.20. The van der Waals surface area contributed by atoms with Gasteiger partial charge in [-0.2, -0.15) is 4.98 Å². The normalized spacial score (nSPS) is 17.7. The third kappa shape index (κ3) is 2.56. The van der Waals surface area contributed by atoms with Crippen molar-refractivity contribution in [1.29, 1.82) is 0 Å². The van der Waals surface area contributed by atoms with Gasteiger partial charge in [0.2, 0.25) is 11.7 Å². The Kier molecular flexibility index (Phi) is 3.04. The van der Waals surface area contributed by atoms with E-state index < -0.39 is 0 Å². The molecule has 2 aliphatic carbocycles. The first kappa shape index (κ1) is 13.4. The van der Waals surface area contributed by atoms with Crippen molar-refractivity contribution in [3.05, 3.63) is 30.1 Å². The molecule has 0 radical (unpaired) electrons. The average Bonchev–Trinajstić information content (AvgIpc) is 3.43. The molecular formula is C15H15N5O2S. The fraction of sp³-hybridized carbons (Fsp3) is 0.467. The number of nitrogens with zero attached hydrogens (tertiary/aromatic N) is 5. The quantitative estimate of drug-likeness (QED) is 0.641. The van der Waals surface area contributed by atoms with Crippen molar-refractivity contribution in [3.8, 4) is 11.6 Å². The molecule has 3 heterocycles. The minimum atomic E-state index is 0.480. The molecule has 2 aliphatic rings. The summed E-state index contributed by atoms with van der Waals surface area (Å²) in [5.41, 5.74) is 0. The van der Waals surface area contributed by atoms with Crippen LogP contribution in [0.5, 0.6) is 0 Å². The van der Waals surface area contributed by atoms with Gasteiger partial charge in [-0.25, -0.2) is 0 Å². The van der Waals surface area contributed by atoms with E-state index in [4.69, 9.17) is 8.94 Å². The molecule has 0 aromatic carbocycles. The number of rotatable bonds is 6. The van der Waals surface area contributed by atoms with Gasteiger partial charge in [-0.15, -0.1) is 10.2 Å². The summed E-state index contributed by atoms with van der Waals surface area (Å²) in [7, 11) is 0. The molecule has 118 valence electrons. The second-order valence-corrected chi connectivity index (χ2v) is 6.94. The van der Waals surface area contributed by atoms with Gasteiger partial charge in [0.25, 0.3) is 0 Å². The molecule has 0 N–H and O–H groups in total. The standard InChI is InChI=1S/C15H15N5O2S/c1-2-11(21-7-1)13-16-12(22-19-13)8-23-15-18-17-14(9-3-4-9)20(15)10-5-6-10/h1-2,7,9-10H,3-6,8H2. The van der Waals surface area contributed by atoms with E-state index in [1.807, 2.05) is 6.07 Å². The lowest BCUT2D eigenvalue weighted by Crippen LogP contribution is -2.01. The van der Waals surface area contributed by atoms with Crippen molar-refractivity contribution in [3.63, 3.8) is 0 Å². The Bertz CT molecular complexity index is 817. The molecule has 2 saturated carbocycles. The Hall–Kier alpha value is -2.09. The monoisotopic (exact) mass is 329 g/mol. The van der Waals surface area contributed by atoms with E-state index in [0.717, 1.165) is 11.0 Å². The van der Waals surface area contributed by atoms with Crippen LogP contribution < -0.4 is 0 Å². The first-order valence-electron chi connectivity index (χ1n) is 7.82. The number of furan rings is 1. The lowest BCUT2D eigenvalue weighted by atomic mass is 10.4. The lowest BCUT2D eigenvalue weighted by Gasteiger charge is -2.06. The van der Waals surface area contributed by atoms with Crippen LogP contribution in [0.15, 0.2) is 32.5 Å². The highest BCUT2D eigenvalue weighted by Crippen LogP contribution is 2.46. The molecule has 0 atom stereocenters. The van der Waals surface area contributed by atoms with Crippen molar-refractivity contribution in [2.24, 2.45) is 0 Å². The molecule has 3 aromatic heterocycles. The Morgan fingerprint density at radius 2 is 2.13 bits per heavy atom. The molecule has 0 aliphatic heterocycles. The van der Waals surface area contributed by atoms with Crippen molar-refractivity contribution < 1.29 is 8.94 Å². The van der Waals surface area contributed by atoms with Crippen molar-refractivity contribution in [2.45, 2.75) is 48.6 Å². The number of aromatic nitrogens is 5. The fourth-order valence-electron chi connectivity index (χ4n) is 2.63. The third-order valence-electron chi connectivity index (χ3n) is 4.08. The van der Waals surface area contributed by atoms with Crippen LogP contribution in [0.3, 0.4) is 0 Å². The van der Waals surface area contributed by atoms with Gasteiger partial charge >= 0.3 is 0 Å². The average molecular weight is 329 g/mol. The summed E-state index contributed by atoms with van der Waals surface area (Å²) >= 11 is 1.61. The van der Waals surface area contributed by atoms with Crippen molar-refractivity contribution in [2.75, 3.05) is 0 Å². The van der Waals surface area contributed by atoms with E-state index in [9.17, 15) is 0 Å². The predicted octanol–water partition coefficient (Wildman–Crippen LogP) is 3.43. The van der Waals surface area contributed by atoms with Gasteiger partial charge in [-0.1, -0.05) is 16.9 Å². The Morgan fingerprint density at radius 1 is 1.22 bits per heavy atom. The van der Waals surface area contributed by atoms with Gasteiger partial charge in [0.15, 0.2) is 10.9 Å². The first-order chi connectivity index (χ1) is 11.4. The summed E-state index contributed by atoms with van der Waals surface area (Å²) in [5, 5.41) is 13.7. The maximum absolute atomic E-state index is 5.29. The maximum Gasteiger partial charge on any atom is 0.238 e. The molecule has 8 heteroatoms. The van der Waals surface area contributed by atoms with Crippen LogP contribution in [-0.4, -0.2) is 24.9 Å². The molecule has 0 amide bonds. The van der Waals surface area contributed by atoms with Crippen molar-refractivity contribution in [1.82, 2.24) is 24.9 Å². The van der Waals surface area contributed by atoms with Gasteiger partial charge in [-0.3, -0.25) is 0 Å². The molecule has 5 rings (SSSR count). The van der Waals surface area contributed by atoms with E-state index in [-0.39, 0.29) is 0 Å². The maximum atomic E-state index is 5.29. The molecule has 0 saturated heterocycles. The summed E-state index contributed by atoms with van der Waals surface area (Å²) in [6.07, 6.45) is 6.54. The molecular weight excluding hydrogens is 314 g/mol. The first-order valence-corrected chi connectivity index (χ1v) is 8.81. The van der Waals surface area contributed by atoms with Crippen LogP contribution in [0.25, 0.3) is 11.6 Å². The largest absolute Gasteiger partial charge is 0.461 e. The Balaban J connectivity index is 1.33. The van der Waals surface area contributed by atoms with Crippen LogP contribution in [0, 0.1) is 0 Å². The van der Waals surface area contributed by atoms with Gasteiger partial charge in [0.05, 0.1) is 12.0 Å². The highest BCUT2D eigenvalue weighted by Gasteiger charge is 2.36. The Labute approximate surface area is 136 Å². The molecule has 0 bridgehead atoms. The van der Waals surface area contributed by atoms with Gasteiger partial charge in [-0.05, 0) is 37.8 Å². The molecule has 2 fully saturated rings. The van der Waals surface area contributed by atoms with E-state index in [1.54, 1.807) is 24.1 Å². The topological polar surface area (TPSA) is 82.8 Å². The van der Waals surface area contributed by atoms with Gasteiger partial charge < -0.3 is 13.5 Å². The highest BCUT2D eigenvalue weighted by molar-refractivity contribution is 7.98. The smallest absolute Gasteiger partial charge is 0.238 e. The lowest BCUT2D eigenvalue weighted by molar-refractivity contribution is 0.390. The van der Waals surface area contributed by atoms with Gasteiger partial charge in [0.1, 0.15) is 5.82 Å². The summed E-state index contributed by atoms with van der Waals surface area (Å²) < 4.78 is 12.9. The van der Waals surface area contributed by atoms with E-state index >= 15 is 0 Å². The van der Waals surface area contributed by atoms with Crippen LogP contribution in [0.4, 0.5) is 0 Å².